The van der Waals surface area contributed by atoms with E-state index in [9.17, 15) is 5.11 Å². The highest BCUT2D eigenvalue weighted by atomic mass is 32.1. The fraction of sp³-hybridized carbons (Fsp3) is 0.500. The van der Waals surface area contributed by atoms with Crippen LogP contribution in [0.15, 0.2) is 35.7 Å². The van der Waals surface area contributed by atoms with Crippen LogP contribution in [-0.2, 0) is 6.54 Å². The molecule has 1 aliphatic heterocycles. The highest BCUT2D eigenvalue weighted by molar-refractivity contribution is 7.13. The summed E-state index contributed by atoms with van der Waals surface area (Å²) in [5, 5.41) is 13.0. The van der Waals surface area contributed by atoms with Gasteiger partial charge in [-0.05, 0) is 6.42 Å². The summed E-state index contributed by atoms with van der Waals surface area (Å²) < 4.78 is 0. The van der Waals surface area contributed by atoms with Crippen molar-refractivity contribution in [2.24, 2.45) is 0 Å². The van der Waals surface area contributed by atoms with E-state index in [4.69, 9.17) is 4.98 Å². The summed E-state index contributed by atoms with van der Waals surface area (Å²) in [7, 11) is 0. The van der Waals surface area contributed by atoms with Crippen LogP contribution in [0.5, 0.6) is 0 Å². The maximum Gasteiger partial charge on any atom is 0.123 e. The van der Waals surface area contributed by atoms with Gasteiger partial charge in [0.25, 0.3) is 0 Å². The van der Waals surface area contributed by atoms with E-state index in [1.807, 2.05) is 13.0 Å². The Labute approximate surface area is 142 Å². The lowest BCUT2D eigenvalue weighted by atomic mass is 10.2. The van der Waals surface area contributed by atoms with Crippen LogP contribution in [0.1, 0.15) is 19.0 Å². The van der Waals surface area contributed by atoms with Crippen LogP contribution in [0.4, 0.5) is 0 Å². The molecule has 3 rings (SSSR count). The van der Waals surface area contributed by atoms with Crippen molar-refractivity contribution < 1.29 is 5.11 Å². The summed E-state index contributed by atoms with van der Waals surface area (Å²) in [6, 6.07) is 10.4. The third kappa shape index (κ3) is 4.61. The molecule has 1 fully saturated rings. The highest BCUT2D eigenvalue weighted by Crippen LogP contribution is 2.24. The van der Waals surface area contributed by atoms with Crippen molar-refractivity contribution in [3.8, 4) is 10.6 Å². The minimum Gasteiger partial charge on any atom is -0.392 e. The largest absolute Gasteiger partial charge is 0.392 e. The van der Waals surface area contributed by atoms with Gasteiger partial charge >= 0.3 is 0 Å². The Morgan fingerprint density at radius 2 is 1.83 bits per heavy atom. The lowest BCUT2D eigenvalue weighted by Crippen LogP contribution is -2.48. The van der Waals surface area contributed by atoms with Crippen LogP contribution in [0.25, 0.3) is 10.6 Å². The topological polar surface area (TPSA) is 39.6 Å². The molecule has 0 aliphatic carbocycles. The molecule has 1 aliphatic rings. The van der Waals surface area contributed by atoms with Crippen molar-refractivity contribution >= 4 is 11.3 Å². The maximum atomic E-state index is 9.76. The molecular weight excluding hydrogens is 306 g/mol. The zero-order valence-electron chi connectivity index (χ0n) is 13.7. The molecule has 2 aromatic rings. The van der Waals surface area contributed by atoms with E-state index in [1.54, 1.807) is 11.3 Å². The molecule has 1 atom stereocenters. The van der Waals surface area contributed by atoms with Gasteiger partial charge in [0.2, 0.25) is 0 Å². The van der Waals surface area contributed by atoms with Gasteiger partial charge in [-0.2, -0.15) is 0 Å². The van der Waals surface area contributed by atoms with E-state index >= 15 is 0 Å². The summed E-state index contributed by atoms with van der Waals surface area (Å²) in [6.07, 6.45) is 0.648. The molecule has 0 unspecified atom stereocenters. The van der Waals surface area contributed by atoms with Gasteiger partial charge in [0.05, 0.1) is 11.8 Å². The van der Waals surface area contributed by atoms with Crippen molar-refractivity contribution in [3.63, 3.8) is 0 Å². The van der Waals surface area contributed by atoms with Gasteiger partial charge < -0.3 is 5.11 Å². The molecule has 0 amide bonds. The van der Waals surface area contributed by atoms with Crippen molar-refractivity contribution in [3.05, 3.63) is 41.4 Å². The van der Waals surface area contributed by atoms with Gasteiger partial charge in [-0.3, -0.25) is 9.80 Å². The van der Waals surface area contributed by atoms with Crippen LogP contribution in [0.3, 0.4) is 0 Å². The van der Waals surface area contributed by atoms with E-state index in [2.05, 4.69) is 39.4 Å². The summed E-state index contributed by atoms with van der Waals surface area (Å²) in [5.41, 5.74) is 2.36. The zero-order chi connectivity index (χ0) is 16.1. The van der Waals surface area contributed by atoms with Gasteiger partial charge in [-0.1, -0.05) is 37.3 Å². The van der Waals surface area contributed by atoms with E-state index in [1.165, 1.54) is 5.56 Å². The first kappa shape index (κ1) is 16.6. The highest BCUT2D eigenvalue weighted by Gasteiger charge is 2.19. The SMILES string of the molecule is CC[C@@H](O)CN1CCN(Cc2csc(-c3ccccc3)n2)CC1. The van der Waals surface area contributed by atoms with Crippen molar-refractivity contribution in [1.29, 1.82) is 0 Å². The second-order valence-corrected chi connectivity index (χ2v) is 7.01. The molecule has 1 N–H and O–H groups in total. The van der Waals surface area contributed by atoms with Gasteiger partial charge in [-0.15, -0.1) is 11.3 Å². The lowest BCUT2D eigenvalue weighted by Gasteiger charge is -2.35. The molecule has 0 radical (unpaired) electrons. The molecule has 5 heteroatoms. The van der Waals surface area contributed by atoms with Gasteiger partial charge in [0, 0.05) is 50.2 Å². The molecule has 0 bridgehead atoms. The standard InChI is InChI=1S/C18H25N3OS/c1-2-17(22)13-21-10-8-20(9-11-21)12-16-14-23-18(19-16)15-6-4-3-5-7-15/h3-7,14,17,22H,2,8-13H2,1H3/t17-/m1/s1. The van der Waals surface area contributed by atoms with Crippen LogP contribution in [0, 0.1) is 0 Å². The molecule has 124 valence electrons. The van der Waals surface area contributed by atoms with Crippen molar-refractivity contribution in [1.82, 2.24) is 14.8 Å². The molecule has 1 aromatic heterocycles. The third-order valence-electron chi connectivity index (χ3n) is 4.36. The molecule has 0 spiro atoms. The predicted octanol–water partition coefficient (Wildman–Crippen LogP) is 2.70. The van der Waals surface area contributed by atoms with Gasteiger partial charge in [0.1, 0.15) is 5.01 Å². The van der Waals surface area contributed by atoms with Crippen LogP contribution < -0.4 is 0 Å². The number of aliphatic hydroxyl groups excluding tert-OH is 1. The second kappa shape index (κ2) is 8.02. The van der Waals surface area contributed by atoms with Crippen LogP contribution in [0.2, 0.25) is 0 Å². The van der Waals surface area contributed by atoms with Gasteiger partial charge in [-0.25, -0.2) is 4.98 Å². The quantitative estimate of drug-likeness (QED) is 0.883. The Balaban J connectivity index is 1.51. The normalized spacial score (nSPS) is 18.2. The molecule has 1 saturated heterocycles. The number of aromatic nitrogens is 1. The number of piperazine rings is 1. The van der Waals surface area contributed by atoms with Crippen LogP contribution >= 0.6 is 11.3 Å². The molecule has 1 aromatic carbocycles. The average Bonchev–Trinajstić information content (AvgIpc) is 3.06. The molecule has 4 nitrogen and oxygen atoms in total. The van der Waals surface area contributed by atoms with E-state index in [0.29, 0.717) is 0 Å². The number of hydrogen-bond donors (Lipinski definition) is 1. The molecule has 23 heavy (non-hydrogen) atoms. The minimum absolute atomic E-state index is 0.187. The van der Waals surface area contributed by atoms with Crippen LogP contribution in [-0.4, -0.2) is 58.7 Å². The second-order valence-electron chi connectivity index (χ2n) is 6.15. The van der Waals surface area contributed by atoms with Gasteiger partial charge in [0.15, 0.2) is 0 Å². The summed E-state index contributed by atoms with van der Waals surface area (Å²) in [4.78, 5) is 9.60. The predicted molar refractivity (Wildman–Crippen MR) is 95.6 cm³/mol. The monoisotopic (exact) mass is 331 g/mol. The Hall–Kier alpha value is -1.27. The number of nitrogens with zero attached hydrogens (tertiary/aromatic N) is 3. The molecular formula is C18H25N3OS. The minimum atomic E-state index is -0.187. The van der Waals surface area contributed by atoms with Crippen molar-refractivity contribution in [2.45, 2.75) is 26.0 Å². The summed E-state index contributed by atoms with van der Waals surface area (Å²) in [6.45, 7) is 7.93. The number of benzene rings is 1. The molecule has 0 saturated carbocycles. The first-order valence-corrected chi connectivity index (χ1v) is 9.25. The first-order valence-electron chi connectivity index (χ1n) is 8.37. The Bertz CT molecular complexity index is 593. The fourth-order valence-electron chi connectivity index (χ4n) is 2.88. The zero-order valence-corrected chi connectivity index (χ0v) is 14.5. The Morgan fingerprint density at radius 1 is 1.13 bits per heavy atom. The van der Waals surface area contributed by atoms with Crippen molar-refractivity contribution in [2.75, 3.05) is 32.7 Å². The number of thiazole rings is 1. The van der Waals surface area contributed by atoms with E-state index in [-0.39, 0.29) is 6.10 Å². The Morgan fingerprint density at radius 3 is 2.52 bits per heavy atom. The van der Waals surface area contributed by atoms with E-state index < -0.39 is 0 Å². The fourth-order valence-corrected chi connectivity index (χ4v) is 3.70. The maximum absolute atomic E-state index is 9.76. The van der Waals surface area contributed by atoms with E-state index in [0.717, 1.165) is 56.4 Å². The lowest BCUT2D eigenvalue weighted by molar-refractivity contribution is 0.0683. The smallest absolute Gasteiger partial charge is 0.123 e. The average molecular weight is 331 g/mol. The molecule has 2 heterocycles. The third-order valence-corrected chi connectivity index (χ3v) is 5.30. The summed E-state index contributed by atoms with van der Waals surface area (Å²) >= 11 is 1.72. The first-order chi connectivity index (χ1) is 11.2. The number of hydrogen-bond acceptors (Lipinski definition) is 5. The Kier molecular flexibility index (Phi) is 5.78. The number of aliphatic hydroxyl groups is 1. The summed E-state index contributed by atoms with van der Waals surface area (Å²) in [5.74, 6) is 0. The number of β-amino-alcohol motifs (C(OH)–C–C–N with tert-alkyl or cyclic N) is 1. The number of rotatable bonds is 6.